The Labute approximate surface area is 129 Å². The Morgan fingerprint density at radius 2 is 2.10 bits per heavy atom. The number of hydrogen-bond acceptors (Lipinski definition) is 2. The smallest absolute Gasteiger partial charge is 0.126 e. The summed E-state index contributed by atoms with van der Waals surface area (Å²) in [4.78, 5) is 0. The molecule has 2 saturated carbocycles. The summed E-state index contributed by atoms with van der Waals surface area (Å²) in [5.41, 5.74) is 2.56. The molecule has 21 heavy (non-hydrogen) atoms. The maximum absolute atomic E-state index is 6.30. The van der Waals surface area contributed by atoms with Crippen molar-refractivity contribution in [3.63, 3.8) is 0 Å². The van der Waals surface area contributed by atoms with Crippen LogP contribution in [0.15, 0.2) is 18.2 Å². The Morgan fingerprint density at radius 1 is 1.24 bits per heavy atom. The van der Waals surface area contributed by atoms with Crippen LogP contribution in [0.25, 0.3) is 0 Å². The van der Waals surface area contributed by atoms with Crippen LogP contribution in [0.2, 0.25) is 0 Å². The van der Waals surface area contributed by atoms with Crippen molar-refractivity contribution >= 4 is 0 Å². The molecule has 2 aliphatic rings. The van der Waals surface area contributed by atoms with Gasteiger partial charge in [0.2, 0.25) is 0 Å². The van der Waals surface area contributed by atoms with Gasteiger partial charge in [0.1, 0.15) is 5.75 Å². The van der Waals surface area contributed by atoms with E-state index in [4.69, 9.17) is 4.74 Å². The predicted molar refractivity (Wildman–Crippen MR) is 87.6 cm³/mol. The Balaban J connectivity index is 1.63. The molecule has 2 bridgehead atoms. The second-order valence-corrected chi connectivity index (χ2v) is 7.34. The SMILES string of the molecule is Cc1cccc(CNC(C)C)c1OCC1CC2CCC1C2. The van der Waals surface area contributed by atoms with Gasteiger partial charge in [-0.25, -0.2) is 0 Å². The minimum atomic E-state index is 0.504. The summed E-state index contributed by atoms with van der Waals surface area (Å²) in [7, 11) is 0. The van der Waals surface area contributed by atoms with Gasteiger partial charge in [-0.2, -0.15) is 0 Å². The molecule has 3 unspecified atom stereocenters. The van der Waals surface area contributed by atoms with Crippen LogP contribution < -0.4 is 10.1 Å². The maximum atomic E-state index is 6.30. The molecular formula is C19H29NO. The summed E-state index contributed by atoms with van der Waals surface area (Å²) in [5, 5.41) is 3.50. The van der Waals surface area contributed by atoms with Crippen LogP contribution >= 0.6 is 0 Å². The van der Waals surface area contributed by atoms with Gasteiger partial charge in [0.15, 0.2) is 0 Å². The van der Waals surface area contributed by atoms with Crippen LogP contribution in [-0.4, -0.2) is 12.6 Å². The summed E-state index contributed by atoms with van der Waals surface area (Å²) in [5.74, 6) is 3.86. The molecule has 116 valence electrons. The van der Waals surface area contributed by atoms with Crippen molar-refractivity contribution in [2.75, 3.05) is 6.61 Å². The van der Waals surface area contributed by atoms with Gasteiger partial charge < -0.3 is 10.1 Å². The van der Waals surface area contributed by atoms with Gasteiger partial charge in [0, 0.05) is 18.2 Å². The number of nitrogens with one attached hydrogen (secondary N) is 1. The van der Waals surface area contributed by atoms with Gasteiger partial charge in [0.25, 0.3) is 0 Å². The molecule has 0 saturated heterocycles. The normalized spacial score (nSPS) is 27.5. The van der Waals surface area contributed by atoms with Crippen LogP contribution in [0, 0.1) is 24.7 Å². The Kier molecular flexibility index (Phi) is 4.54. The number of fused-ring (bicyclic) bond motifs is 2. The van der Waals surface area contributed by atoms with Crippen molar-refractivity contribution in [1.29, 1.82) is 0 Å². The molecule has 2 aliphatic carbocycles. The highest BCUT2D eigenvalue weighted by Gasteiger charge is 2.39. The highest BCUT2D eigenvalue weighted by Crippen LogP contribution is 2.48. The van der Waals surface area contributed by atoms with E-state index in [0.717, 1.165) is 36.7 Å². The molecule has 3 rings (SSSR count). The topological polar surface area (TPSA) is 21.3 Å². The summed E-state index contributed by atoms with van der Waals surface area (Å²) in [6.45, 7) is 8.35. The van der Waals surface area contributed by atoms with Crippen LogP contribution in [-0.2, 0) is 6.54 Å². The molecule has 0 aromatic heterocycles. The molecule has 0 aliphatic heterocycles. The lowest BCUT2D eigenvalue weighted by Gasteiger charge is -2.23. The first-order chi connectivity index (χ1) is 10.1. The third-order valence-corrected chi connectivity index (χ3v) is 5.32. The van der Waals surface area contributed by atoms with Crippen molar-refractivity contribution in [1.82, 2.24) is 5.32 Å². The largest absolute Gasteiger partial charge is 0.493 e. The Hall–Kier alpha value is -1.02. The van der Waals surface area contributed by atoms with Gasteiger partial charge in [0.05, 0.1) is 6.61 Å². The van der Waals surface area contributed by atoms with E-state index in [9.17, 15) is 0 Å². The summed E-state index contributed by atoms with van der Waals surface area (Å²) in [6.07, 6.45) is 5.77. The fraction of sp³-hybridized carbons (Fsp3) is 0.684. The van der Waals surface area contributed by atoms with Crippen LogP contribution in [0.5, 0.6) is 5.75 Å². The fourth-order valence-corrected chi connectivity index (χ4v) is 4.14. The first-order valence-electron chi connectivity index (χ1n) is 8.58. The standard InChI is InChI=1S/C19H29NO/c1-13(2)20-11-17-6-4-5-14(3)19(17)21-12-18-10-15-7-8-16(18)9-15/h4-6,13,15-16,18,20H,7-12H2,1-3H3. The lowest BCUT2D eigenvalue weighted by molar-refractivity contribution is 0.193. The highest BCUT2D eigenvalue weighted by molar-refractivity contribution is 5.40. The van der Waals surface area contributed by atoms with Gasteiger partial charge in [-0.1, -0.05) is 38.5 Å². The maximum Gasteiger partial charge on any atom is 0.126 e. The lowest BCUT2D eigenvalue weighted by Crippen LogP contribution is -2.23. The van der Waals surface area contributed by atoms with E-state index in [1.54, 1.807) is 0 Å². The third-order valence-electron chi connectivity index (χ3n) is 5.32. The first-order valence-corrected chi connectivity index (χ1v) is 8.58. The van der Waals surface area contributed by atoms with Crippen molar-refractivity contribution in [3.8, 4) is 5.75 Å². The zero-order chi connectivity index (χ0) is 14.8. The first kappa shape index (κ1) is 14.9. The molecule has 2 fully saturated rings. The monoisotopic (exact) mass is 287 g/mol. The van der Waals surface area contributed by atoms with Crippen LogP contribution in [0.1, 0.15) is 50.7 Å². The zero-order valence-electron chi connectivity index (χ0n) is 13.7. The molecule has 1 N–H and O–H groups in total. The number of benzene rings is 1. The van der Waals surface area contributed by atoms with E-state index in [1.807, 2.05) is 0 Å². The van der Waals surface area contributed by atoms with Gasteiger partial charge in [-0.05, 0) is 49.5 Å². The number of rotatable bonds is 6. The summed E-state index contributed by atoms with van der Waals surface area (Å²) < 4.78 is 6.30. The number of para-hydroxylation sites is 1. The number of hydrogen-bond donors (Lipinski definition) is 1. The van der Waals surface area contributed by atoms with Gasteiger partial charge >= 0.3 is 0 Å². The van der Waals surface area contributed by atoms with E-state index < -0.39 is 0 Å². The molecular weight excluding hydrogens is 258 g/mol. The molecule has 2 nitrogen and oxygen atoms in total. The molecule has 2 heteroatoms. The summed E-state index contributed by atoms with van der Waals surface area (Å²) in [6, 6.07) is 6.99. The minimum absolute atomic E-state index is 0.504. The van der Waals surface area contributed by atoms with Crippen LogP contribution in [0.4, 0.5) is 0 Å². The van der Waals surface area contributed by atoms with Crippen LogP contribution in [0.3, 0.4) is 0 Å². The quantitative estimate of drug-likeness (QED) is 0.842. The minimum Gasteiger partial charge on any atom is -0.493 e. The van der Waals surface area contributed by atoms with Crippen molar-refractivity contribution in [3.05, 3.63) is 29.3 Å². The van der Waals surface area contributed by atoms with Crippen molar-refractivity contribution < 1.29 is 4.74 Å². The lowest BCUT2D eigenvalue weighted by atomic mass is 9.89. The second-order valence-electron chi connectivity index (χ2n) is 7.34. The molecule has 3 atom stereocenters. The highest BCUT2D eigenvalue weighted by atomic mass is 16.5. The fourth-order valence-electron chi connectivity index (χ4n) is 4.14. The predicted octanol–water partition coefficient (Wildman–Crippen LogP) is 4.31. The molecule has 0 amide bonds. The van der Waals surface area contributed by atoms with Crippen molar-refractivity contribution in [2.24, 2.45) is 17.8 Å². The Bertz CT molecular complexity index is 482. The van der Waals surface area contributed by atoms with E-state index in [0.29, 0.717) is 6.04 Å². The van der Waals surface area contributed by atoms with Crippen molar-refractivity contribution in [2.45, 2.75) is 59.0 Å². The number of ether oxygens (including phenoxy) is 1. The summed E-state index contributed by atoms with van der Waals surface area (Å²) >= 11 is 0. The molecule has 1 aromatic carbocycles. The van der Waals surface area contributed by atoms with Gasteiger partial charge in [-0.15, -0.1) is 0 Å². The molecule has 0 spiro atoms. The molecule has 0 radical (unpaired) electrons. The average Bonchev–Trinajstić information content (AvgIpc) is 3.06. The average molecular weight is 287 g/mol. The third kappa shape index (κ3) is 3.42. The number of aryl methyl sites for hydroxylation is 1. The zero-order valence-corrected chi connectivity index (χ0v) is 13.7. The molecule has 0 heterocycles. The van der Waals surface area contributed by atoms with E-state index in [2.05, 4.69) is 44.3 Å². The van der Waals surface area contributed by atoms with E-state index in [-0.39, 0.29) is 0 Å². The second kappa shape index (κ2) is 6.39. The molecule has 1 aromatic rings. The van der Waals surface area contributed by atoms with Gasteiger partial charge in [-0.3, -0.25) is 0 Å². The van der Waals surface area contributed by atoms with E-state index >= 15 is 0 Å². The van der Waals surface area contributed by atoms with E-state index in [1.165, 1.54) is 36.8 Å². The Morgan fingerprint density at radius 3 is 2.76 bits per heavy atom.